The number of hydrogen-bond donors (Lipinski definition) is 3. The number of aliphatic hydroxyl groups excluding tert-OH is 1. The lowest BCUT2D eigenvalue weighted by Gasteiger charge is -2.18. The fourth-order valence-corrected chi connectivity index (χ4v) is 3.15. The van der Waals surface area contributed by atoms with Crippen molar-refractivity contribution in [3.63, 3.8) is 0 Å². The van der Waals surface area contributed by atoms with Gasteiger partial charge in [-0.25, -0.2) is 13.1 Å². The predicted octanol–water partition coefficient (Wildman–Crippen LogP) is 1.18. The van der Waals surface area contributed by atoms with Crippen LogP contribution in [0.2, 0.25) is 0 Å². The Hall–Kier alpha value is -1.15. The second kappa shape index (κ2) is 8.33. The van der Waals surface area contributed by atoms with Gasteiger partial charge in [-0.05, 0) is 44.5 Å². The first-order chi connectivity index (χ1) is 9.89. The summed E-state index contributed by atoms with van der Waals surface area (Å²) in [6, 6.07) is 6.34. The van der Waals surface area contributed by atoms with E-state index in [9.17, 15) is 8.42 Å². The summed E-state index contributed by atoms with van der Waals surface area (Å²) in [5, 5.41) is 12.2. The Morgan fingerprint density at radius 1 is 1.24 bits per heavy atom. The molecule has 120 valence electrons. The second-order valence-electron chi connectivity index (χ2n) is 5.11. The molecule has 0 saturated heterocycles. The van der Waals surface area contributed by atoms with E-state index in [1.807, 2.05) is 0 Å². The van der Waals surface area contributed by atoms with Crippen LogP contribution in [0.5, 0.6) is 0 Å². The summed E-state index contributed by atoms with van der Waals surface area (Å²) in [6.07, 6.45) is 0.558. The molecule has 0 saturated carbocycles. The number of hydrogen-bond acceptors (Lipinski definition) is 5. The normalized spacial score (nSPS) is 13.4. The van der Waals surface area contributed by atoms with Crippen molar-refractivity contribution in [1.82, 2.24) is 4.72 Å². The van der Waals surface area contributed by atoms with Crippen LogP contribution in [0, 0.1) is 0 Å². The molecule has 0 aliphatic heterocycles. The molecule has 0 bridgehead atoms. The largest absolute Gasteiger partial charge is 0.396 e. The Bertz CT molecular complexity index is 508. The third-order valence-corrected chi connectivity index (χ3v) is 4.45. The first-order valence-electron chi connectivity index (χ1n) is 6.87. The topological polar surface area (TPSA) is 87.7 Å². The van der Waals surface area contributed by atoms with E-state index in [1.165, 1.54) is 0 Å². The van der Waals surface area contributed by atoms with Gasteiger partial charge in [0.15, 0.2) is 0 Å². The van der Waals surface area contributed by atoms with Crippen molar-refractivity contribution in [2.24, 2.45) is 0 Å². The van der Waals surface area contributed by atoms with Crippen molar-refractivity contribution in [3.05, 3.63) is 24.3 Å². The summed E-state index contributed by atoms with van der Waals surface area (Å²) in [7, 11) is -1.87. The molecule has 0 aliphatic rings. The summed E-state index contributed by atoms with van der Waals surface area (Å²) in [4.78, 5) is 0.229. The predicted molar refractivity (Wildman–Crippen MR) is 82.9 cm³/mol. The molecule has 1 aromatic carbocycles. The maximum atomic E-state index is 12.0. The summed E-state index contributed by atoms with van der Waals surface area (Å²) in [5.41, 5.74) is 0.786. The van der Waals surface area contributed by atoms with Crippen LogP contribution >= 0.6 is 0 Å². The Balaban J connectivity index is 2.77. The highest BCUT2D eigenvalue weighted by Gasteiger charge is 2.15. The molecule has 0 fully saturated rings. The van der Waals surface area contributed by atoms with Crippen LogP contribution in [-0.2, 0) is 14.8 Å². The summed E-state index contributed by atoms with van der Waals surface area (Å²) >= 11 is 0. The molecule has 0 heterocycles. The van der Waals surface area contributed by atoms with Gasteiger partial charge in [-0.3, -0.25) is 0 Å². The van der Waals surface area contributed by atoms with E-state index in [2.05, 4.69) is 10.0 Å². The number of sulfonamides is 1. The van der Waals surface area contributed by atoms with E-state index >= 15 is 0 Å². The van der Waals surface area contributed by atoms with E-state index in [1.54, 1.807) is 45.2 Å². The minimum absolute atomic E-state index is 0.0174. The van der Waals surface area contributed by atoms with Gasteiger partial charge in [0.25, 0.3) is 0 Å². The number of ether oxygens (including phenoxy) is 1. The molecule has 1 unspecified atom stereocenters. The minimum atomic E-state index is -3.47. The number of rotatable bonds is 9. The minimum Gasteiger partial charge on any atom is -0.396 e. The second-order valence-corrected chi connectivity index (χ2v) is 6.82. The molecule has 3 N–H and O–H groups in total. The highest BCUT2D eigenvalue weighted by molar-refractivity contribution is 7.89. The molecule has 0 spiro atoms. The van der Waals surface area contributed by atoms with Gasteiger partial charge in [0, 0.05) is 25.4 Å². The first kappa shape index (κ1) is 17.9. The molecule has 1 aromatic rings. The summed E-state index contributed by atoms with van der Waals surface area (Å²) < 4.78 is 31.6. The zero-order valence-corrected chi connectivity index (χ0v) is 13.5. The first-order valence-corrected chi connectivity index (χ1v) is 8.36. The van der Waals surface area contributed by atoms with Crippen molar-refractivity contribution >= 4 is 15.7 Å². The molecule has 21 heavy (non-hydrogen) atoms. The number of nitrogens with one attached hydrogen (secondary N) is 2. The fourth-order valence-electron chi connectivity index (χ4n) is 1.90. The molecule has 0 aromatic heterocycles. The lowest BCUT2D eigenvalue weighted by atomic mass is 10.2. The van der Waals surface area contributed by atoms with Crippen LogP contribution in [0.3, 0.4) is 0 Å². The van der Waals surface area contributed by atoms with E-state index in [0.29, 0.717) is 13.0 Å². The molecule has 1 rings (SSSR count). The number of anilines is 1. The van der Waals surface area contributed by atoms with E-state index in [-0.39, 0.29) is 23.6 Å². The van der Waals surface area contributed by atoms with Gasteiger partial charge in [-0.1, -0.05) is 0 Å². The maximum absolute atomic E-state index is 12.0. The van der Waals surface area contributed by atoms with E-state index in [0.717, 1.165) is 5.69 Å². The molecule has 6 nitrogen and oxygen atoms in total. The van der Waals surface area contributed by atoms with Crippen molar-refractivity contribution in [3.8, 4) is 0 Å². The lowest BCUT2D eigenvalue weighted by Crippen LogP contribution is -2.30. The average molecular weight is 316 g/mol. The monoisotopic (exact) mass is 316 g/mol. The molecule has 1 atom stereocenters. The molecular formula is C14H24N2O4S. The number of methoxy groups -OCH3 is 1. The standard InChI is InChI=1S/C14H24N2O4S/c1-11(2)16-21(18,19)14-6-4-12(5-7-14)15-13(8-9-17)10-20-3/h4-7,11,13,15-17H,8-10H2,1-3H3. The van der Waals surface area contributed by atoms with Crippen LogP contribution in [0.25, 0.3) is 0 Å². The smallest absolute Gasteiger partial charge is 0.240 e. The van der Waals surface area contributed by atoms with Gasteiger partial charge in [-0.15, -0.1) is 0 Å². The van der Waals surface area contributed by atoms with Gasteiger partial charge < -0.3 is 15.2 Å². The van der Waals surface area contributed by atoms with Gasteiger partial charge in [0.1, 0.15) is 0 Å². The number of benzene rings is 1. The zero-order valence-electron chi connectivity index (χ0n) is 12.7. The van der Waals surface area contributed by atoms with Crippen molar-refractivity contribution in [2.75, 3.05) is 25.6 Å². The van der Waals surface area contributed by atoms with Crippen LogP contribution < -0.4 is 10.0 Å². The van der Waals surface area contributed by atoms with Crippen LogP contribution in [0.15, 0.2) is 29.2 Å². The Morgan fingerprint density at radius 3 is 2.33 bits per heavy atom. The fraction of sp³-hybridized carbons (Fsp3) is 0.571. The van der Waals surface area contributed by atoms with Crippen molar-refractivity contribution in [1.29, 1.82) is 0 Å². The average Bonchev–Trinajstić information content (AvgIpc) is 2.38. The summed E-state index contributed by atoms with van der Waals surface area (Å²) in [5.74, 6) is 0. The molecule has 0 radical (unpaired) electrons. The molecule has 0 amide bonds. The van der Waals surface area contributed by atoms with Crippen LogP contribution in [0.4, 0.5) is 5.69 Å². The third-order valence-electron chi connectivity index (χ3n) is 2.77. The Labute approximate surface area is 126 Å². The number of aliphatic hydroxyl groups is 1. The zero-order chi connectivity index (χ0) is 15.9. The Morgan fingerprint density at radius 2 is 1.86 bits per heavy atom. The van der Waals surface area contributed by atoms with Gasteiger partial charge >= 0.3 is 0 Å². The SMILES string of the molecule is COCC(CCO)Nc1ccc(S(=O)(=O)NC(C)C)cc1. The molecule has 7 heteroatoms. The Kier molecular flexibility index (Phi) is 7.10. The van der Waals surface area contributed by atoms with Crippen molar-refractivity contribution < 1.29 is 18.3 Å². The van der Waals surface area contributed by atoms with Gasteiger partial charge in [0.05, 0.1) is 17.5 Å². The maximum Gasteiger partial charge on any atom is 0.240 e. The van der Waals surface area contributed by atoms with Crippen LogP contribution in [0.1, 0.15) is 20.3 Å². The third kappa shape index (κ3) is 6.01. The molecule has 0 aliphatic carbocycles. The highest BCUT2D eigenvalue weighted by Crippen LogP contribution is 2.16. The molecular weight excluding hydrogens is 292 g/mol. The van der Waals surface area contributed by atoms with Gasteiger partial charge in [0.2, 0.25) is 10.0 Å². The summed E-state index contributed by atoms with van der Waals surface area (Å²) in [6.45, 7) is 4.08. The van der Waals surface area contributed by atoms with E-state index in [4.69, 9.17) is 9.84 Å². The van der Waals surface area contributed by atoms with Crippen molar-refractivity contribution in [2.45, 2.75) is 37.2 Å². The van der Waals surface area contributed by atoms with Crippen LogP contribution in [-0.4, -0.2) is 45.9 Å². The highest BCUT2D eigenvalue weighted by atomic mass is 32.2. The van der Waals surface area contributed by atoms with Gasteiger partial charge in [-0.2, -0.15) is 0 Å². The van der Waals surface area contributed by atoms with E-state index < -0.39 is 10.0 Å². The lowest BCUT2D eigenvalue weighted by molar-refractivity contribution is 0.170. The quantitative estimate of drug-likeness (QED) is 0.637.